The second-order valence-corrected chi connectivity index (χ2v) is 5.53. The Hall–Kier alpha value is -1.58. The fraction of sp³-hybridized carbons (Fsp3) is 0.533. The normalized spacial score (nSPS) is 19.7. The topological polar surface area (TPSA) is 23.6 Å². The molecule has 1 amide bonds. The SMILES string of the molecule is CN1CCCN(C(=O)C2CCC2)c2cc(F)ccc21. The molecule has 19 heavy (non-hydrogen) atoms. The lowest BCUT2D eigenvalue weighted by molar-refractivity contribution is -0.124. The minimum atomic E-state index is -0.277. The molecule has 3 rings (SSSR count). The smallest absolute Gasteiger partial charge is 0.230 e. The van der Waals surface area contributed by atoms with Crippen LogP contribution in [0.2, 0.25) is 0 Å². The van der Waals surface area contributed by atoms with E-state index in [9.17, 15) is 9.18 Å². The molecule has 0 atom stereocenters. The highest BCUT2D eigenvalue weighted by Gasteiger charge is 2.32. The van der Waals surface area contributed by atoms with Crippen LogP contribution in [0.1, 0.15) is 25.7 Å². The molecule has 0 spiro atoms. The number of amides is 1. The zero-order valence-electron chi connectivity index (χ0n) is 11.2. The van der Waals surface area contributed by atoms with Crippen LogP contribution >= 0.6 is 0 Å². The zero-order valence-corrected chi connectivity index (χ0v) is 11.2. The van der Waals surface area contributed by atoms with Crippen LogP contribution in [0, 0.1) is 11.7 Å². The fourth-order valence-electron chi connectivity index (χ4n) is 2.85. The molecule has 1 aliphatic heterocycles. The zero-order chi connectivity index (χ0) is 13.4. The van der Waals surface area contributed by atoms with E-state index in [1.54, 1.807) is 11.0 Å². The Balaban J connectivity index is 1.98. The molecule has 2 aliphatic rings. The first-order valence-electron chi connectivity index (χ1n) is 6.99. The summed E-state index contributed by atoms with van der Waals surface area (Å²) in [4.78, 5) is 16.4. The van der Waals surface area contributed by atoms with E-state index in [4.69, 9.17) is 0 Å². The molecular formula is C15H19FN2O. The van der Waals surface area contributed by atoms with Crippen molar-refractivity contribution in [2.24, 2.45) is 5.92 Å². The van der Waals surface area contributed by atoms with Gasteiger partial charge in [-0.05, 0) is 37.5 Å². The molecule has 1 aliphatic carbocycles. The Morgan fingerprint density at radius 1 is 1.21 bits per heavy atom. The number of carbonyl (C=O) groups excluding carboxylic acids is 1. The van der Waals surface area contributed by atoms with Crippen LogP contribution in [0.15, 0.2) is 18.2 Å². The standard InChI is InChI=1S/C15H19FN2O/c1-17-8-3-9-18(15(19)11-4-2-5-11)14-10-12(16)6-7-13(14)17/h6-7,10-11H,2-5,8-9H2,1H3. The van der Waals surface area contributed by atoms with Crippen molar-refractivity contribution in [2.75, 3.05) is 29.9 Å². The maximum absolute atomic E-state index is 13.5. The van der Waals surface area contributed by atoms with Gasteiger partial charge in [0.05, 0.1) is 11.4 Å². The van der Waals surface area contributed by atoms with E-state index >= 15 is 0 Å². The molecule has 1 fully saturated rings. The van der Waals surface area contributed by atoms with Gasteiger partial charge >= 0.3 is 0 Å². The average molecular weight is 262 g/mol. The van der Waals surface area contributed by atoms with Crippen LogP contribution in [-0.2, 0) is 4.79 Å². The molecule has 0 unspecified atom stereocenters. The van der Waals surface area contributed by atoms with E-state index in [1.807, 2.05) is 7.05 Å². The third-order valence-corrected chi connectivity index (χ3v) is 4.24. The van der Waals surface area contributed by atoms with Gasteiger partial charge < -0.3 is 9.80 Å². The molecule has 0 radical (unpaired) electrons. The number of benzene rings is 1. The molecule has 0 saturated heterocycles. The lowest BCUT2D eigenvalue weighted by atomic mass is 9.84. The van der Waals surface area contributed by atoms with Crippen molar-refractivity contribution in [3.8, 4) is 0 Å². The van der Waals surface area contributed by atoms with Gasteiger partial charge in [0, 0.05) is 26.1 Å². The van der Waals surface area contributed by atoms with Gasteiger partial charge in [0.15, 0.2) is 0 Å². The van der Waals surface area contributed by atoms with Gasteiger partial charge in [-0.15, -0.1) is 0 Å². The van der Waals surface area contributed by atoms with Crippen LogP contribution in [0.3, 0.4) is 0 Å². The van der Waals surface area contributed by atoms with Crippen molar-refractivity contribution in [2.45, 2.75) is 25.7 Å². The summed E-state index contributed by atoms with van der Waals surface area (Å²) in [6.07, 6.45) is 4.02. The summed E-state index contributed by atoms with van der Waals surface area (Å²) in [6.45, 7) is 1.59. The minimum Gasteiger partial charge on any atom is -0.373 e. The molecule has 102 valence electrons. The highest BCUT2D eigenvalue weighted by Crippen LogP contribution is 2.36. The third kappa shape index (κ3) is 2.20. The number of carbonyl (C=O) groups is 1. The Morgan fingerprint density at radius 2 is 2.00 bits per heavy atom. The number of fused-ring (bicyclic) bond motifs is 1. The second-order valence-electron chi connectivity index (χ2n) is 5.53. The van der Waals surface area contributed by atoms with E-state index in [0.29, 0.717) is 6.54 Å². The molecule has 4 heteroatoms. The van der Waals surface area contributed by atoms with E-state index < -0.39 is 0 Å². The Bertz CT molecular complexity index is 499. The summed E-state index contributed by atoms with van der Waals surface area (Å²) < 4.78 is 13.5. The largest absolute Gasteiger partial charge is 0.373 e. The quantitative estimate of drug-likeness (QED) is 0.777. The van der Waals surface area contributed by atoms with Crippen LogP contribution in [0.25, 0.3) is 0 Å². The van der Waals surface area contributed by atoms with Crippen molar-refractivity contribution in [3.05, 3.63) is 24.0 Å². The molecule has 0 N–H and O–H groups in total. The molecule has 0 bridgehead atoms. The van der Waals surface area contributed by atoms with Crippen molar-refractivity contribution in [1.29, 1.82) is 0 Å². The predicted molar refractivity (Wildman–Crippen MR) is 74.0 cm³/mol. The summed E-state index contributed by atoms with van der Waals surface area (Å²) in [5.74, 6) is 0.0494. The lowest BCUT2D eigenvalue weighted by Crippen LogP contribution is -2.39. The van der Waals surface area contributed by atoms with Crippen LogP contribution < -0.4 is 9.80 Å². The molecule has 0 aromatic heterocycles. The van der Waals surface area contributed by atoms with Crippen molar-refractivity contribution in [1.82, 2.24) is 0 Å². The van der Waals surface area contributed by atoms with Gasteiger partial charge in [-0.2, -0.15) is 0 Å². The van der Waals surface area contributed by atoms with Gasteiger partial charge in [0.1, 0.15) is 5.82 Å². The van der Waals surface area contributed by atoms with Gasteiger partial charge in [-0.25, -0.2) is 4.39 Å². The first-order valence-corrected chi connectivity index (χ1v) is 6.99. The number of halogens is 1. The van der Waals surface area contributed by atoms with Crippen molar-refractivity contribution >= 4 is 17.3 Å². The summed E-state index contributed by atoms with van der Waals surface area (Å²) in [7, 11) is 1.99. The molecule has 1 aromatic carbocycles. The Kier molecular flexibility index (Phi) is 3.17. The predicted octanol–water partition coefficient (Wildman–Crippen LogP) is 2.80. The van der Waals surface area contributed by atoms with Crippen LogP contribution in [-0.4, -0.2) is 26.0 Å². The highest BCUT2D eigenvalue weighted by atomic mass is 19.1. The van der Waals surface area contributed by atoms with Crippen molar-refractivity contribution < 1.29 is 9.18 Å². The molecule has 1 saturated carbocycles. The molecule has 1 heterocycles. The highest BCUT2D eigenvalue weighted by molar-refractivity contribution is 5.98. The summed E-state index contributed by atoms with van der Waals surface area (Å²) in [5.41, 5.74) is 1.68. The maximum Gasteiger partial charge on any atom is 0.230 e. The van der Waals surface area contributed by atoms with Gasteiger partial charge in [-0.3, -0.25) is 4.79 Å². The monoisotopic (exact) mass is 262 g/mol. The summed E-state index contributed by atoms with van der Waals surface area (Å²) in [6, 6.07) is 4.73. The van der Waals surface area contributed by atoms with Crippen molar-refractivity contribution in [3.63, 3.8) is 0 Å². The fourth-order valence-corrected chi connectivity index (χ4v) is 2.85. The number of anilines is 2. The average Bonchev–Trinajstić information content (AvgIpc) is 2.46. The molecule has 3 nitrogen and oxygen atoms in total. The lowest BCUT2D eigenvalue weighted by Gasteiger charge is -2.32. The first-order chi connectivity index (χ1) is 9.16. The Labute approximate surface area is 113 Å². The summed E-state index contributed by atoms with van der Waals surface area (Å²) >= 11 is 0. The number of hydrogen-bond donors (Lipinski definition) is 0. The number of rotatable bonds is 1. The first kappa shape index (κ1) is 12.5. The van der Waals surface area contributed by atoms with Gasteiger partial charge in [-0.1, -0.05) is 6.42 Å². The number of nitrogens with zero attached hydrogens (tertiary/aromatic N) is 2. The van der Waals surface area contributed by atoms with E-state index in [1.165, 1.54) is 12.1 Å². The second kappa shape index (κ2) is 4.83. The maximum atomic E-state index is 13.5. The van der Waals surface area contributed by atoms with Gasteiger partial charge in [0.2, 0.25) is 5.91 Å². The van der Waals surface area contributed by atoms with Gasteiger partial charge in [0.25, 0.3) is 0 Å². The Morgan fingerprint density at radius 3 is 2.68 bits per heavy atom. The van der Waals surface area contributed by atoms with Crippen LogP contribution in [0.5, 0.6) is 0 Å². The summed E-state index contributed by atoms with van der Waals surface area (Å²) in [5, 5.41) is 0. The van der Waals surface area contributed by atoms with Crippen LogP contribution in [0.4, 0.5) is 15.8 Å². The molecular weight excluding hydrogens is 243 g/mol. The molecule has 1 aromatic rings. The number of hydrogen-bond acceptors (Lipinski definition) is 2. The van der Waals surface area contributed by atoms with E-state index in [0.717, 1.165) is 43.6 Å². The van der Waals surface area contributed by atoms with E-state index in [2.05, 4.69) is 4.90 Å². The van der Waals surface area contributed by atoms with E-state index in [-0.39, 0.29) is 17.6 Å². The minimum absolute atomic E-state index is 0.152. The third-order valence-electron chi connectivity index (χ3n) is 4.24.